The van der Waals surface area contributed by atoms with Crippen molar-refractivity contribution in [1.82, 2.24) is 0 Å². The Bertz CT molecular complexity index is 368. The smallest absolute Gasteiger partial charge is 0.307 e. The lowest BCUT2D eigenvalue weighted by molar-refractivity contribution is -0.141. The molecule has 5 heteroatoms. The molecule has 0 saturated carbocycles. The molecule has 16 heavy (non-hydrogen) atoms. The van der Waals surface area contributed by atoms with Crippen LogP contribution in [0.15, 0.2) is 18.2 Å². The molecule has 0 bridgehead atoms. The van der Waals surface area contributed by atoms with Gasteiger partial charge in [-0.05, 0) is 13.0 Å². The summed E-state index contributed by atoms with van der Waals surface area (Å²) in [4.78, 5) is 11.0. The number of carbonyl (C=O) groups is 1. The number of phenolic OH excluding ortho intramolecular Hbond substituents is 1. The van der Waals surface area contributed by atoms with Crippen LogP contribution in [-0.2, 0) is 9.53 Å². The molecule has 3 N–H and O–H groups in total. The maximum Gasteiger partial charge on any atom is 0.307 e. The second-order valence-corrected chi connectivity index (χ2v) is 3.45. The average Bonchev–Trinajstić information content (AvgIpc) is 2.21. The minimum absolute atomic E-state index is 0. The van der Waals surface area contributed by atoms with Crippen LogP contribution in [0, 0.1) is 6.92 Å². The summed E-state index contributed by atoms with van der Waals surface area (Å²) < 4.78 is 4.51. The average molecular weight is 246 g/mol. The third-order valence-corrected chi connectivity index (χ3v) is 2.20. The molecule has 4 nitrogen and oxygen atoms in total. The van der Waals surface area contributed by atoms with Gasteiger partial charge in [-0.2, -0.15) is 0 Å². The fourth-order valence-corrected chi connectivity index (χ4v) is 1.34. The van der Waals surface area contributed by atoms with Crippen molar-refractivity contribution in [2.45, 2.75) is 19.4 Å². The molecule has 0 aliphatic carbocycles. The highest BCUT2D eigenvalue weighted by Gasteiger charge is 2.15. The number of aryl methyl sites for hydroxylation is 1. The van der Waals surface area contributed by atoms with Gasteiger partial charge in [0.2, 0.25) is 0 Å². The van der Waals surface area contributed by atoms with Crippen molar-refractivity contribution in [2.75, 3.05) is 7.11 Å². The molecular formula is C11H16ClNO3. The highest BCUT2D eigenvalue weighted by Crippen LogP contribution is 2.25. The van der Waals surface area contributed by atoms with Crippen molar-refractivity contribution in [1.29, 1.82) is 0 Å². The molecule has 0 aromatic heterocycles. The van der Waals surface area contributed by atoms with Gasteiger partial charge >= 0.3 is 5.97 Å². The molecule has 0 aliphatic heterocycles. The maximum atomic E-state index is 11.0. The van der Waals surface area contributed by atoms with E-state index in [0.29, 0.717) is 5.56 Å². The van der Waals surface area contributed by atoms with E-state index in [2.05, 4.69) is 4.74 Å². The summed E-state index contributed by atoms with van der Waals surface area (Å²) in [5.41, 5.74) is 7.34. The molecule has 0 saturated heterocycles. The molecule has 0 radical (unpaired) electrons. The molecule has 0 aliphatic rings. The number of nitrogens with two attached hydrogens (primary N) is 1. The molecule has 0 unspecified atom stereocenters. The Hall–Kier alpha value is -1.26. The minimum atomic E-state index is -0.530. The van der Waals surface area contributed by atoms with Gasteiger partial charge < -0.3 is 15.6 Å². The predicted molar refractivity (Wildman–Crippen MR) is 63.7 cm³/mol. The van der Waals surface area contributed by atoms with Crippen LogP contribution in [0.1, 0.15) is 23.6 Å². The van der Waals surface area contributed by atoms with E-state index in [1.807, 2.05) is 6.92 Å². The van der Waals surface area contributed by atoms with Crippen LogP contribution in [0.2, 0.25) is 0 Å². The van der Waals surface area contributed by atoms with Crippen LogP contribution in [0.25, 0.3) is 0 Å². The summed E-state index contributed by atoms with van der Waals surface area (Å²) in [6.07, 6.45) is 0.0630. The number of halogens is 1. The van der Waals surface area contributed by atoms with E-state index in [0.717, 1.165) is 5.56 Å². The number of rotatable bonds is 3. The van der Waals surface area contributed by atoms with E-state index in [4.69, 9.17) is 5.73 Å². The molecule has 1 rings (SSSR count). The lowest BCUT2D eigenvalue weighted by Crippen LogP contribution is -2.16. The molecule has 0 heterocycles. The standard InChI is InChI=1S/C11H15NO3.ClH/c1-7-3-4-10(13)8(5-7)9(12)6-11(14)15-2;/h3-5,9,13H,6,12H2,1-2H3;1H/t9-;/m0./s1. The van der Waals surface area contributed by atoms with E-state index >= 15 is 0 Å². The van der Waals surface area contributed by atoms with E-state index in [-0.39, 0.29) is 30.5 Å². The molecule has 1 aromatic carbocycles. The third kappa shape index (κ3) is 3.72. The van der Waals surface area contributed by atoms with Crippen molar-refractivity contribution < 1.29 is 14.6 Å². The quantitative estimate of drug-likeness (QED) is 0.795. The second kappa shape index (κ2) is 6.35. The Kier molecular flexibility index (Phi) is 5.85. The van der Waals surface area contributed by atoms with Gasteiger partial charge in [0.1, 0.15) is 5.75 Å². The fourth-order valence-electron chi connectivity index (χ4n) is 1.34. The van der Waals surface area contributed by atoms with Crippen molar-refractivity contribution in [3.05, 3.63) is 29.3 Å². The van der Waals surface area contributed by atoms with Crippen LogP contribution in [0.5, 0.6) is 5.75 Å². The molecular weight excluding hydrogens is 230 g/mol. The summed E-state index contributed by atoms with van der Waals surface area (Å²) >= 11 is 0. The van der Waals surface area contributed by atoms with E-state index in [9.17, 15) is 9.90 Å². The zero-order valence-electron chi connectivity index (χ0n) is 9.27. The number of carbonyl (C=O) groups excluding carboxylic acids is 1. The van der Waals surface area contributed by atoms with Crippen molar-refractivity contribution in [3.8, 4) is 5.75 Å². The monoisotopic (exact) mass is 245 g/mol. The number of phenols is 1. The SMILES string of the molecule is COC(=O)C[C@H](N)c1cc(C)ccc1O.Cl. The molecule has 0 fully saturated rings. The third-order valence-electron chi connectivity index (χ3n) is 2.20. The first kappa shape index (κ1) is 14.7. The molecule has 1 atom stereocenters. The molecule has 0 amide bonds. The number of hydrogen-bond donors (Lipinski definition) is 2. The normalized spacial score (nSPS) is 11.4. The van der Waals surface area contributed by atoms with Gasteiger partial charge in [-0.1, -0.05) is 17.7 Å². The van der Waals surface area contributed by atoms with Crippen molar-refractivity contribution in [2.24, 2.45) is 5.73 Å². The largest absolute Gasteiger partial charge is 0.508 e. The van der Waals surface area contributed by atoms with Crippen LogP contribution in [0.4, 0.5) is 0 Å². The highest BCUT2D eigenvalue weighted by atomic mass is 35.5. The lowest BCUT2D eigenvalue weighted by atomic mass is 10.0. The minimum Gasteiger partial charge on any atom is -0.508 e. The first-order valence-electron chi connectivity index (χ1n) is 4.66. The van der Waals surface area contributed by atoms with Crippen LogP contribution in [-0.4, -0.2) is 18.2 Å². The molecule has 90 valence electrons. The molecule has 0 spiro atoms. The Morgan fingerprint density at radius 2 is 2.19 bits per heavy atom. The Balaban J connectivity index is 0.00000225. The number of benzene rings is 1. The number of esters is 1. The van der Waals surface area contributed by atoms with Gasteiger partial charge in [0.15, 0.2) is 0 Å². The summed E-state index contributed by atoms with van der Waals surface area (Å²) in [5, 5.41) is 9.56. The zero-order chi connectivity index (χ0) is 11.4. The van der Waals surface area contributed by atoms with Crippen molar-refractivity contribution in [3.63, 3.8) is 0 Å². The summed E-state index contributed by atoms with van der Waals surface area (Å²) in [6.45, 7) is 1.90. The maximum absolute atomic E-state index is 11.0. The van der Waals surface area contributed by atoms with Gasteiger partial charge in [0.25, 0.3) is 0 Å². The predicted octanol–water partition coefficient (Wildman–Crippen LogP) is 1.69. The lowest BCUT2D eigenvalue weighted by Gasteiger charge is -2.12. The van der Waals surface area contributed by atoms with Crippen molar-refractivity contribution >= 4 is 18.4 Å². The van der Waals surface area contributed by atoms with Gasteiger partial charge in [0.05, 0.1) is 13.5 Å². The highest BCUT2D eigenvalue weighted by molar-refractivity contribution is 5.85. The Morgan fingerprint density at radius 3 is 2.75 bits per heavy atom. The van der Waals surface area contributed by atoms with E-state index < -0.39 is 6.04 Å². The fraction of sp³-hybridized carbons (Fsp3) is 0.364. The van der Waals surface area contributed by atoms with Gasteiger partial charge in [-0.3, -0.25) is 4.79 Å². The second-order valence-electron chi connectivity index (χ2n) is 3.45. The Labute approximate surface area is 101 Å². The van der Waals surface area contributed by atoms with Crippen LogP contribution >= 0.6 is 12.4 Å². The first-order valence-corrected chi connectivity index (χ1v) is 4.66. The van der Waals surface area contributed by atoms with E-state index in [1.165, 1.54) is 7.11 Å². The first-order chi connectivity index (χ1) is 7.04. The number of methoxy groups -OCH3 is 1. The molecule has 1 aromatic rings. The van der Waals surface area contributed by atoms with E-state index in [1.54, 1.807) is 18.2 Å². The number of hydrogen-bond acceptors (Lipinski definition) is 4. The van der Waals surface area contributed by atoms with Crippen LogP contribution < -0.4 is 5.73 Å². The van der Waals surface area contributed by atoms with Gasteiger partial charge in [-0.15, -0.1) is 12.4 Å². The topological polar surface area (TPSA) is 72.5 Å². The number of ether oxygens (including phenoxy) is 1. The Morgan fingerprint density at radius 1 is 1.56 bits per heavy atom. The van der Waals surface area contributed by atoms with Crippen LogP contribution in [0.3, 0.4) is 0 Å². The summed E-state index contributed by atoms with van der Waals surface area (Å²) in [6, 6.07) is 4.59. The summed E-state index contributed by atoms with van der Waals surface area (Å²) in [7, 11) is 1.31. The number of aromatic hydroxyl groups is 1. The summed E-state index contributed by atoms with van der Waals surface area (Å²) in [5.74, 6) is -0.277. The van der Waals surface area contributed by atoms with Gasteiger partial charge in [-0.25, -0.2) is 0 Å². The van der Waals surface area contributed by atoms with Gasteiger partial charge in [0, 0.05) is 11.6 Å². The zero-order valence-corrected chi connectivity index (χ0v) is 10.1.